The van der Waals surface area contributed by atoms with Crippen LogP contribution in [0.5, 0.6) is 5.88 Å². The summed E-state index contributed by atoms with van der Waals surface area (Å²) < 4.78 is 5.39. The van der Waals surface area contributed by atoms with Crippen molar-refractivity contribution in [1.82, 2.24) is 9.97 Å². The molecule has 5 heteroatoms. The highest BCUT2D eigenvalue weighted by molar-refractivity contribution is 5.66. The molecule has 0 fully saturated rings. The standard InChI is InChI=1S/C9H16N4O/c1-4-5-14-9-7(10)8(11-3)12-6(2)13-9/h4-5,10H2,1-3H3,(H,11,12,13). The van der Waals surface area contributed by atoms with Crippen molar-refractivity contribution in [3.05, 3.63) is 5.82 Å². The zero-order chi connectivity index (χ0) is 10.6. The monoisotopic (exact) mass is 196 g/mol. The van der Waals surface area contributed by atoms with Gasteiger partial charge in [-0.1, -0.05) is 6.92 Å². The third kappa shape index (κ3) is 2.25. The van der Waals surface area contributed by atoms with Gasteiger partial charge in [-0.25, -0.2) is 4.98 Å². The lowest BCUT2D eigenvalue weighted by atomic mass is 10.4. The average Bonchev–Trinajstić information content (AvgIpc) is 2.18. The maximum atomic E-state index is 5.79. The molecule has 5 nitrogen and oxygen atoms in total. The summed E-state index contributed by atoms with van der Waals surface area (Å²) in [4.78, 5) is 8.25. The van der Waals surface area contributed by atoms with Crippen molar-refractivity contribution in [2.75, 3.05) is 24.7 Å². The quantitative estimate of drug-likeness (QED) is 0.757. The van der Waals surface area contributed by atoms with Crippen molar-refractivity contribution in [2.45, 2.75) is 20.3 Å². The first kappa shape index (κ1) is 10.6. The number of aromatic nitrogens is 2. The van der Waals surface area contributed by atoms with Crippen LogP contribution in [-0.4, -0.2) is 23.6 Å². The molecule has 0 spiro atoms. The summed E-state index contributed by atoms with van der Waals surface area (Å²) in [6.45, 7) is 4.45. The van der Waals surface area contributed by atoms with Crippen LogP contribution in [0.3, 0.4) is 0 Å². The van der Waals surface area contributed by atoms with E-state index >= 15 is 0 Å². The van der Waals surface area contributed by atoms with E-state index in [4.69, 9.17) is 10.5 Å². The van der Waals surface area contributed by atoms with Gasteiger partial charge in [0, 0.05) is 7.05 Å². The zero-order valence-corrected chi connectivity index (χ0v) is 8.79. The molecule has 0 bridgehead atoms. The highest BCUT2D eigenvalue weighted by Crippen LogP contribution is 2.25. The van der Waals surface area contributed by atoms with Crippen molar-refractivity contribution in [3.63, 3.8) is 0 Å². The van der Waals surface area contributed by atoms with Gasteiger partial charge in [-0.2, -0.15) is 4.98 Å². The number of aryl methyl sites for hydroxylation is 1. The zero-order valence-electron chi connectivity index (χ0n) is 8.79. The van der Waals surface area contributed by atoms with E-state index in [2.05, 4.69) is 15.3 Å². The van der Waals surface area contributed by atoms with Gasteiger partial charge >= 0.3 is 0 Å². The predicted octanol–water partition coefficient (Wildman–Crippen LogP) is 1.20. The van der Waals surface area contributed by atoms with E-state index in [1.54, 1.807) is 14.0 Å². The predicted molar refractivity (Wildman–Crippen MR) is 56.5 cm³/mol. The third-order valence-corrected chi connectivity index (χ3v) is 1.70. The summed E-state index contributed by atoms with van der Waals surface area (Å²) in [6, 6.07) is 0. The molecule has 0 aliphatic rings. The largest absolute Gasteiger partial charge is 0.476 e. The lowest BCUT2D eigenvalue weighted by molar-refractivity contribution is 0.306. The van der Waals surface area contributed by atoms with Crippen LogP contribution in [0.2, 0.25) is 0 Å². The molecule has 78 valence electrons. The summed E-state index contributed by atoms with van der Waals surface area (Å²) in [5.41, 5.74) is 6.26. The second-order valence-corrected chi connectivity index (χ2v) is 2.94. The average molecular weight is 196 g/mol. The molecule has 0 amide bonds. The van der Waals surface area contributed by atoms with Crippen molar-refractivity contribution in [2.24, 2.45) is 0 Å². The smallest absolute Gasteiger partial charge is 0.242 e. The van der Waals surface area contributed by atoms with Crippen molar-refractivity contribution < 1.29 is 4.74 Å². The molecule has 0 atom stereocenters. The first-order chi connectivity index (χ1) is 6.69. The first-order valence-corrected chi connectivity index (χ1v) is 4.63. The third-order valence-electron chi connectivity index (χ3n) is 1.70. The van der Waals surface area contributed by atoms with E-state index in [-0.39, 0.29) is 0 Å². The van der Waals surface area contributed by atoms with Crippen LogP contribution in [0.1, 0.15) is 19.2 Å². The van der Waals surface area contributed by atoms with Crippen LogP contribution >= 0.6 is 0 Å². The molecule has 0 saturated heterocycles. The molecule has 0 saturated carbocycles. The Morgan fingerprint density at radius 1 is 1.43 bits per heavy atom. The maximum Gasteiger partial charge on any atom is 0.242 e. The van der Waals surface area contributed by atoms with Gasteiger partial charge in [-0.3, -0.25) is 0 Å². The van der Waals surface area contributed by atoms with Crippen LogP contribution in [-0.2, 0) is 0 Å². The number of ether oxygens (including phenoxy) is 1. The molecule has 1 rings (SSSR count). The van der Waals surface area contributed by atoms with Crippen molar-refractivity contribution in [3.8, 4) is 5.88 Å². The molecular weight excluding hydrogens is 180 g/mol. The number of nitrogens with zero attached hydrogens (tertiary/aromatic N) is 2. The van der Waals surface area contributed by atoms with Gasteiger partial charge in [0.1, 0.15) is 11.5 Å². The fraction of sp³-hybridized carbons (Fsp3) is 0.556. The molecule has 14 heavy (non-hydrogen) atoms. The fourth-order valence-electron chi connectivity index (χ4n) is 1.05. The Morgan fingerprint density at radius 3 is 2.71 bits per heavy atom. The van der Waals surface area contributed by atoms with E-state index in [0.29, 0.717) is 29.8 Å². The fourth-order valence-corrected chi connectivity index (χ4v) is 1.05. The molecule has 0 radical (unpaired) electrons. The molecular formula is C9H16N4O. The molecule has 1 heterocycles. The number of rotatable bonds is 4. The highest BCUT2D eigenvalue weighted by atomic mass is 16.5. The van der Waals surface area contributed by atoms with Crippen LogP contribution in [0.4, 0.5) is 11.5 Å². The highest BCUT2D eigenvalue weighted by Gasteiger charge is 2.09. The number of hydrogen-bond donors (Lipinski definition) is 2. The molecule has 0 aromatic carbocycles. The molecule has 1 aromatic rings. The Kier molecular flexibility index (Phi) is 3.50. The summed E-state index contributed by atoms with van der Waals surface area (Å²) in [5.74, 6) is 1.72. The summed E-state index contributed by atoms with van der Waals surface area (Å²) in [6.07, 6.45) is 0.928. The first-order valence-electron chi connectivity index (χ1n) is 4.63. The topological polar surface area (TPSA) is 73.1 Å². The van der Waals surface area contributed by atoms with E-state index in [1.807, 2.05) is 6.92 Å². The summed E-state index contributed by atoms with van der Waals surface area (Å²) in [7, 11) is 1.77. The SMILES string of the molecule is CCCOc1nc(C)nc(NC)c1N. The maximum absolute atomic E-state index is 5.79. The van der Waals surface area contributed by atoms with Crippen LogP contribution < -0.4 is 15.8 Å². The Balaban J connectivity index is 2.96. The van der Waals surface area contributed by atoms with E-state index in [0.717, 1.165) is 6.42 Å². The number of hydrogen-bond acceptors (Lipinski definition) is 5. The number of nitrogen functional groups attached to an aromatic ring is 1. The summed E-state index contributed by atoms with van der Waals surface area (Å²) >= 11 is 0. The molecule has 0 aliphatic heterocycles. The Labute approximate surface area is 83.7 Å². The van der Waals surface area contributed by atoms with Gasteiger partial charge in [0.2, 0.25) is 5.88 Å². The minimum Gasteiger partial charge on any atom is -0.476 e. The van der Waals surface area contributed by atoms with Gasteiger partial charge in [0.25, 0.3) is 0 Å². The normalized spacial score (nSPS) is 9.93. The minimum atomic E-state index is 0.462. The van der Waals surface area contributed by atoms with Crippen LogP contribution in [0.25, 0.3) is 0 Å². The number of nitrogens with two attached hydrogens (primary N) is 1. The van der Waals surface area contributed by atoms with Gasteiger partial charge in [0.15, 0.2) is 5.82 Å². The molecule has 0 aliphatic carbocycles. The number of nitrogens with one attached hydrogen (secondary N) is 1. The van der Waals surface area contributed by atoms with Crippen LogP contribution in [0, 0.1) is 6.92 Å². The van der Waals surface area contributed by atoms with E-state index < -0.39 is 0 Å². The van der Waals surface area contributed by atoms with Gasteiger partial charge in [0.05, 0.1) is 6.61 Å². The second kappa shape index (κ2) is 4.64. The molecule has 3 N–H and O–H groups in total. The van der Waals surface area contributed by atoms with Crippen molar-refractivity contribution in [1.29, 1.82) is 0 Å². The Morgan fingerprint density at radius 2 is 2.14 bits per heavy atom. The number of anilines is 2. The van der Waals surface area contributed by atoms with E-state index in [9.17, 15) is 0 Å². The van der Waals surface area contributed by atoms with Crippen LogP contribution in [0.15, 0.2) is 0 Å². The van der Waals surface area contributed by atoms with Gasteiger partial charge < -0.3 is 15.8 Å². The van der Waals surface area contributed by atoms with Gasteiger partial charge in [-0.05, 0) is 13.3 Å². The van der Waals surface area contributed by atoms with Crippen molar-refractivity contribution >= 4 is 11.5 Å². The van der Waals surface area contributed by atoms with Gasteiger partial charge in [-0.15, -0.1) is 0 Å². The minimum absolute atomic E-state index is 0.462. The Hall–Kier alpha value is -1.52. The molecule has 1 aromatic heterocycles. The lowest BCUT2D eigenvalue weighted by Crippen LogP contribution is -2.07. The lowest BCUT2D eigenvalue weighted by Gasteiger charge is -2.10. The summed E-state index contributed by atoms with van der Waals surface area (Å²) in [5, 5.41) is 2.90. The Bertz CT molecular complexity index is 314. The second-order valence-electron chi connectivity index (χ2n) is 2.94. The van der Waals surface area contributed by atoms with E-state index in [1.165, 1.54) is 0 Å². The molecule has 0 unspecified atom stereocenters.